The van der Waals surface area contributed by atoms with Gasteiger partial charge in [-0.2, -0.15) is 0 Å². The van der Waals surface area contributed by atoms with Crippen molar-refractivity contribution in [2.75, 3.05) is 20.5 Å². The molecule has 0 saturated carbocycles. The van der Waals surface area contributed by atoms with E-state index in [2.05, 4.69) is 62.4 Å². The van der Waals surface area contributed by atoms with Crippen LogP contribution in [0.25, 0.3) is 0 Å². The Balaban J connectivity index is 2.39. The van der Waals surface area contributed by atoms with E-state index in [0.29, 0.717) is 5.75 Å². The van der Waals surface area contributed by atoms with Crippen molar-refractivity contribution in [2.45, 2.75) is 9.72 Å². The van der Waals surface area contributed by atoms with Crippen LogP contribution < -0.4 is 9.47 Å². The third-order valence-electron chi connectivity index (χ3n) is 3.18. The molecule has 0 fully saturated rings. The molecule has 0 amide bonds. The molecule has 2 aromatic rings. The summed E-state index contributed by atoms with van der Waals surface area (Å²) in [6.07, 6.45) is 2.07. The van der Waals surface area contributed by atoms with Crippen LogP contribution in [0.5, 0.6) is 11.5 Å². The predicted octanol–water partition coefficient (Wildman–Crippen LogP) is 5.67. The molecule has 2 aromatic carbocycles. The van der Waals surface area contributed by atoms with Gasteiger partial charge in [0.2, 0.25) is 0 Å². The highest BCUT2D eigenvalue weighted by atomic mass is 79.9. The van der Waals surface area contributed by atoms with E-state index in [4.69, 9.17) is 9.47 Å². The summed E-state index contributed by atoms with van der Waals surface area (Å²) >= 11 is 9.11. The van der Waals surface area contributed by atoms with Gasteiger partial charge in [-0.15, -0.1) is 11.8 Å². The van der Waals surface area contributed by atoms with Crippen LogP contribution in [0.1, 0.15) is 16.0 Å². The monoisotopic (exact) mass is 430 g/mol. The number of methoxy groups -OCH3 is 2. The van der Waals surface area contributed by atoms with Gasteiger partial charge in [-0.05, 0) is 41.6 Å². The number of ether oxygens (including phenoxy) is 2. The summed E-state index contributed by atoms with van der Waals surface area (Å²) in [6.45, 7) is 0. The minimum Gasteiger partial charge on any atom is -0.493 e. The summed E-state index contributed by atoms with van der Waals surface area (Å²) in [5.41, 5.74) is 2.30. The lowest BCUT2D eigenvalue weighted by atomic mass is 10.0. The molecular weight excluding hydrogens is 416 g/mol. The Labute approximate surface area is 146 Å². The maximum Gasteiger partial charge on any atom is 0.161 e. The highest BCUT2D eigenvalue weighted by molar-refractivity contribution is 9.11. The smallest absolute Gasteiger partial charge is 0.161 e. The van der Waals surface area contributed by atoms with Crippen molar-refractivity contribution in [1.29, 1.82) is 0 Å². The van der Waals surface area contributed by atoms with E-state index >= 15 is 0 Å². The summed E-state index contributed by atoms with van der Waals surface area (Å²) in [7, 11) is 3.28. The number of alkyl halides is 1. The van der Waals surface area contributed by atoms with Crippen molar-refractivity contribution in [1.82, 2.24) is 0 Å². The summed E-state index contributed by atoms with van der Waals surface area (Å²) in [5, 5.41) is 0. The Kier molecular flexibility index (Phi) is 6.02. The second-order valence-electron chi connectivity index (χ2n) is 4.36. The van der Waals surface area contributed by atoms with Crippen molar-refractivity contribution in [3.8, 4) is 11.5 Å². The first kappa shape index (κ1) is 16.7. The quantitative estimate of drug-likeness (QED) is 0.448. The van der Waals surface area contributed by atoms with Gasteiger partial charge < -0.3 is 9.47 Å². The fourth-order valence-corrected chi connectivity index (χ4v) is 3.97. The lowest BCUT2D eigenvalue weighted by molar-refractivity contribution is 0.354. The van der Waals surface area contributed by atoms with Crippen molar-refractivity contribution >= 4 is 43.6 Å². The van der Waals surface area contributed by atoms with Crippen LogP contribution in [0, 0.1) is 0 Å². The third kappa shape index (κ3) is 3.76. The molecule has 0 bridgehead atoms. The zero-order chi connectivity index (χ0) is 15.4. The Bertz CT molecular complexity index is 614. The lowest BCUT2D eigenvalue weighted by Crippen LogP contribution is -1.98. The van der Waals surface area contributed by atoms with E-state index < -0.39 is 0 Å². The van der Waals surface area contributed by atoms with Gasteiger partial charge in [0.15, 0.2) is 11.5 Å². The molecule has 0 spiro atoms. The zero-order valence-corrected chi connectivity index (χ0v) is 16.0. The molecule has 0 aliphatic rings. The van der Waals surface area contributed by atoms with Crippen LogP contribution in [0.15, 0.2) is 45.8 Å². The van der Waals surface area contributed by atoms with Crippen LogP contribution >= 0.6 is 43.6 Å². The summed E-state index contributed by atoms with van der Waals surface area (Å²) in [4.78, 5) is 1.34. The van der Waals surface area contributed by atoms with E-state index in [1.165, 1.54) is 10.5 Å². The van der Waals surface area contributed by atoms with Gasteiger partial charge in [0.1, 0.15) is 0 Å². The highest BCUT2D eigenvalue weighted by Gasteiger charge is 2.17. The average molecular weight is 432 g/mol. The standard InChI is InChI=1S/C16H16Br2O2S/c1-19-14-8-12(13(17)9-15(14)20-2)16(18)10-4-6-11(21-3)7-5-10/h4-9,16H,1-3H3. The second kappa shape index (κ2) is 7.56. The normalized spacial score (nSPS) is 12.0. The van der Waals surface area contributed by atoms with Gasteiger partial charge in [-0.1, -0.05) is 44.0 Å². The van der Waals surface area contributed by atoms with E-state index in [-0.39, 0.29) is 4.83 Å². The summed E-state index contributed by atoms with van der Waals surface area (Å²) < 4.78 is 11.7. The molecule has 0 aliphatic heterocycles. The fraction of sp³-hybridized carbons (Fsp3) is 0.250. The minimum atomic E-state index is 0.0857. The van der Waals surface area contributed by atoms with E-state index in [9.17, 15) is 0 Å². The van der Waals surface area contributed by atoms with Crippen molar-refractivity contribution in [3.05, 3.63) is 52.0 Å². The maximum absolute atomic E-state index is 5.38. The van der Waals surface area contributed by atoms with Gasteiger partial charge >= 0.3 is 0 Å². The average Bonchev–Trinajstić information content (AvgIpc) is 2.54. The highest BCUT2D eigenvalue weighted by Crippen LogP contribution is 2.41. The van der Waals surface area contributed by atoms with Crippen molar-refractivity contribution in [3.63, 3.8) is 0 Å². The Morgan fingerprint density at radius 2 is 1.57 bits per heavy atom. The fourth-order valence-electron chi connectivity index (χ4n) is 2.02. The van der Waals surface area contributed by atoms with Gasteiger partial charge in [0.25, 0.3) is 0 Å². The molecule has 1 unspecified atom stereocenters. The number of rotatable bonds is 5. The van der Waals surface area contributed by atoms with E-state index in [1.807, 2.05) is 12.1 Å². The van der Waals surface area contributed by atoms with E-state index in [1.54, 1.807) is 26.0 Å². The van der Waals surface area contributed by atoms with Crippen LogP contribution in [0.2, 0.25) is 0 Å². The number of halogens is 2. The summed E-state index contributed by atoms with van der Waals surface area (Å²) in [6, 6.07) is 12.4. The molecule has 0 heterocycles. The van der Waals surface area contributed by atoms with Crippen molar-refractivity contribution < 1.29 is 9.47 Å². The molecule has 0 saturated heterocycles. The molecule has 0 aliphatic carbocycles. The maximum atomic E-state index is 5.38. The first-order valence-corrected chi connectivity index (χ1v) is 9.23. The molecule has 5 heteroatoms. The van der Waals surface area contributed by atoms with Gasteiger partial charge in [0, 0.05) is 9.37 Å². The molecule has 2 nitrogen and oxygen atoms in total. The molecule has 0 N–H and O–H groups in total. The number of thioether (sulfide) groups is 1. The molecule has 0 radical (unpaired) electrons. The van der Waals surface area contributed by atoms with Crippen LogP contribution in [-0.4, -0.2) is 20.5 Å². The second-order valence-corrected chi connectivity index (χ2v) is 7.01. The number of benzene rings is 2. The topological polar surface area (TPSA) is 18.5 Å². The van der Waals surface area contributed by atoms with Gasteiger partial charge in [0.05, 0.1) is 19.0 Å². The first-order valence-electron chi connectivity index (χ1n) is 6.30. The number of hydrogen-bond acceptors (Lipinski definition) is 3. The molecule has 21 heavy (non-hydrogen) atoms. The van der Waals surface area contributed by atoms with Crippen LogP contribution in [0.3, 0.4) is 0 Å². The molecular formula is C16H16Br2O2S. The SMILES string of the molecule is COc1cc(Br)c(C(Br)c2ccc(SC)cc2)cc1OC. The van der Waals surface area contributed by atoms with Crippen LogP contribution in [-0.2, 0) is 0 Å². The van der Waals surface area contributed by atoms with Crippen molar-refractivity contribution in [2.24, 2.45) is 0 Å². The summed E-state index contributed by atoms with van der Waals surface area (Å²) in [5.74, 6) is 1.44. The Morgan fingerprint density at radius 3 is 2.10 bits per heavy atom. The third-order valence-corrected chi connectivity index (χ3v) is 5.64. The molecule has 0 aromatic heterocycles. The number of hydrogen-bond donors (Lipinski definition) is 0. The zero-order valence-electron chi connectivity index (χ0n) is 12.0. The Morgan fingerprint density at radius 1 is 1.00 bits per heavy atom. The molecule has 112 valence electrons. The van der Waals surface area contributed by atoms with E-state index in [0.717, 1.165) is 15.8 Å². The largest absolute Gasteiger partial charge is 0.493 e. The molecule has 2 rings (SSSR count). The predicted molar refractivity (Wildman–Crippen MR) is 96.2 cm³/mol. The van der Waals surface area contributed by atoms with Gasteiger partial charge in [-0.25, -0.2) is 0 Å². The minimum absolute atomic E-state index is 0.0857. The van der Waals surface area contributed by atoms with Crippen LogP contribution in [0.4, 0.5) is 0 Å². The first-order chi connectivity index (χ1) is 10.1. The lowest BCUT2D eigenvalue weighted by Gasteiger charge is -2.16. The van der Waals surface area contributed by atoms with Gasteiger partial charge in [-0.3, -0.25) is 0 Å². The molecule has 1 atom stereocenters. The Hall–Kier alpha value is -0.650.